The summed E-state index contributed by atoms with van der Waals surface area (Å²) < 4.78 is 24.0. The van der Waals surface area contributed by atoms with Crippen LogP contribution in [0.3, 0.4) is 0 Å². The van der Waals surface area contributed by atoms with Crippen molar-refractivity contribution in [2.24, 2.45) is 45.3 Å². The van der Waals surface area contributed by atoms with Crippen LogP contribution >= 0.6 is 0 Å². The van der Waals surface area contributed by atoms with Gasteiger partial charge in [-0.1, -0.05) is 46.3 Å². The highest BCUT2D eigenvalue weighted by atomic mass is 16.7. The molecule has 6 fully saturated rings. The van der Waals surface area contributed by atoms with Crippen LogP contribution in [0.1, 0.15) is 107 Å². The quantitative estimate of drug-likeness (QED) is 0.150. The second-order valence-corrected chi connectivity index (χ2v) is 19.6. The van der Waals surface area contributed by atoms with Crippen LogP contribution in [-0.4, -0.2) is 133 Å². The number of ketones is 1. The molecule has 13 heteroatoms. The number of aliphatic hydroxyl groups is 8. The zero-order chi connectivity index (χ0) is 39.9. The van der Waals surface area contributed by atoms with E-state index in [9.17, 15) is 45.6 Å². The van der Waals surface area contributed by atoms with Crippen LogP contribution in [0.5, 0.6) is 0 Å². The van der Waals surface area contributed by atoms with E-state index in [4.69, 9.17) is 18.9 Å². The molecule has 4 aliphatic carbocycles. The number of carbonyl (C=O) groups is 1. The van der Waals surface area contributed by atoms with E-state index in [1.165, 1.54) is 0 Å². The monoisotopic (exact) mass is 768 g/mol. The van der Waals surface area contributed by atoms with Gasteiger partial charge in [0.1, 0.15) is 48.5 Å². The molecule has 0 aromatic heterocycles. The summed E-state index contributed by atoms with van der Waals surface area (Å²) in [6, 6.07) is 0. The van der Waals surface area contributed by atoms with Gasteiger partial charge in [0, 0.05) is 12.3 Å². The van der Waals surface area contributed by atoms with E-state index in [0.29, 0.717) is 38.5 Å². The Hall–Kier alpha value is -1.07. The molecule has 0 spiro atoms. The van der Waals surface area contributed by atoms with Gasteiger partial charge < -0.3 is 59.8 Å². The van der Waals surface area contributed by atoms with Gasteiger partial charge in [0.2, 0.25) is 0 Å². The molecule has 54 heavy (non-hydrogen) atoms. The molecule has 6 aliphatic rings. The third-order valence-electron chi connectivity index (χ3n) is 16.0. The molecule has 0 unspecified atom stereocenters. The Morgan fingerprint density at radius 1 is 0.852 bits per heavy atom. The predicted molar refractivity (Wildman–Crippen MR) is 195 cm³/mol. The van der Waals surface area contributed by atoms with Crippen molar-refractivity contribution < 1.29 is 64.6 Å². The van der Waals surface area contributed by atoms with Crippen LogP contribution in [0.4, 0.5) is 0 Å². The van der Waals surface area contributed by atoms with Crippen LogP contribution in [0.25, 0.3) is 0 Å². The first-order valence-corrected chi connectivity index (χ1v) is 20.2. The van der Waals surface area contributed by atoms with Crippen molar-refractivity contribution in [3.05, 3.63) is 11.6 Å². The summed E-state index contributed by atoms with van der Waals surface area (Å²) in [5.41, 5.74) is -1.63. The third kappa shape index (κ3) is 6.67. The summed E-state index contributed by atoms with van der Waals surface area (Å²) >= 11 is 0. The lowest BCUT2D eigenvalue weighted by Gasteiger charge is -2.70. The van der Waals surface area contributed by atoms with Gasteiger partial charge in [-0.15, -0.1) is 0 Å². The molecular weight excluding hydrogens is 700 g/mol. The number of ether oxygens (including phenoxy) is 4. The number of aliphatic hydroxyl groups excluding tert-OH is 8. The Balaban J connectivity index is 1.28. The molecule has 2 aliphatic heterocycles. The molecular formula is C41H68O13. The van der Waals surface area contributed by atoms with Crippen LogP contribution < -0.4 is 0 Å². The molecule has 2 saturated heterocycles. The van der Waals surface area contributed by atoms with Crippen LogP contribution in [0.15, 0.2) is 11.6 Å². The van der Waals surface area contributed by atoms with Gasteiger partial charge in [-0.05, 0) is 105 Å². The SMILES string of the molecule is CC(C)=CCC[C@](C)(O[C@@H]1O[C@H](CO[C@@H]2O[C@@H](CO)[C@H](O)[C@H]2O)[C@@H](O)[C@H](O)[C@H]1O)[C@H]1CC[C@]2(C)[C@@H]1C(=O)C[C@@H]1[C@@]3(C)CC[C@H](O)C(C)(C)[C@@H]3[C@@H](O)C[C@]12C. The van der Waals surface area contributed by atoms with Crippen LogP contribution in [0.2, 0.25) is 0 Å². The highest BCUT2D eigenvalue weighted by Crippen LogP contribution is 2.75. The molecule has 2 heterocycles. The molecule has 0 amide bonds. The smallest absolute Gasteiger partial charge is 0.187 e. The fraction of sp³-hybridized carbons (Fsp3) is 0.927. The first-order chi connectivity index (χ1) is 25.1. The van der Waals surface area contributed by atoms with Crippen molar-refractivity contribution in [3.8, 4) is 0 Å². The summed E-state index contributed by atoms with van der Waals surface area (Å²) in [6.07, 6.45) is -7.09. The number of hydrogen-bond donors (Lipinski definition) is 8. The standard InChI is InChI=1S/C41H68O13/c1-20(2)10-9-13-41(8,54-36-33(50)31(48)30(47)25(53-36)19-51-35-32(49)29(46)24(18-42)52-35)21-11-15-39(6)28(21)22(43)16-26-38(5)14-12-27(45)37(3,4)34(38)23(44)17-40(26,39)7/h10,21,23-36,42,44-50H,9,11-19H2,1-8H3/t21-,23-,24-,25+,26+,27-,28-,29-,30+,31-,32+,33+,34-,35+,36-,38+,39+,40+,41-/m0/s1. The lowest BCUT2D eigenvalue weighted by molar-refractivity contribution is -0.339. The van der Waals surface area contributed by atoms with Crippen LogP contribution in [-0.2, 0) is 23.7 Å². The molecule has 19 atom stereocenters. The maximum Gasteiger partial charge on any atom is 0.187 e. The van der Waals surface area contributed by atoms with E-state index in [0.717, 1.165) is 18.4 Å². The van der Waals surface area contributed by atoms with Crippen molar-refractivity contribution >= 4 is 5.78 Å². The molecule has 0 aromatic carbocycles. The van der Waals surface area contributed by atoms with Crippen molar-refractivity contribution in [2.45, 2.75) is 180 Å². The van der Waals surface area contributed by atoms with Crippen molar-refractivity contribution in [1.29, 1.82) is 0 Å². The van der Waals surface area contributed by atoms with Gasteiger partial charge in [-0.25, -0.2) is 0 Å². The third-order valence-corrected chi connectivity index (χ3v) is 16.0. The van der Waals surface area contributed by atoms with Gasteiger partial charge >= 0.3 is 0 Å². The zero-order valence-electron chi connectivity index (χ0n) is 33.4. The minimum Gasteiger partial charge on any atom is -0.394 e. The minimum absolute atomic E-state index is 0.0209. The number of fused-ring (bicyclic) bond motifs is 5. The Kier molecular flexibility index (Phi) is 11.8. The number of allylic oxidation sites excluding steroid dienone is 2. The lowest BCUT2D eigenvalue weighted by atomic mass is 9.34. The largest absolute Gasteiger partial charge is 0.394 e. The molecule has 8 N–H and O–H groups in total. The molecule has 0 bridgehead atoms. The molecule has 6 rings (SSSR count). The summed E-state index contributed by atoms with van der Waals surface area (Å²) in [5, 5.41) is 86.3. The molecule has 0 aromatic rings. The molecule has 310 valence electrons. The predicted octanol–water partition coefficient (Wildman–Crippen LogP) is 1.97. The van der Waals surface area contributed by atoms with Gasteiger partial charge in [-0.3, -0.25) is 4.79 Å². The molecule has 4 saturated carbocycles. The van der Waals surface area contributed by atoms with E-state index >= 15 is 0 Å². The number of Topliss-reactive ketones (excluding diaryl/α,β-unsaturated/α-hetero) is 1. The summed E-state index contributed by atoms with van der Waals surface area (Å²) in [6.45, 7) is 15.9. The average Bonchev–Trinajstić information content (AvgIpc) is 3.61. The normalized spacial score (nSPS) is 51.2. The highest BCUT2D eigenvalue weighted by molar-refractivity contribution is 5.84. The van der Waals surface area contributed by atoms with Crippen LogP contribution in [0, 0.1) is 45.3 Å². The number of rotatable bonds is 10. The van der Waals surface area contributed by atoms with Gasteiger partial charge in [0.25, 0.3) is 0 Å². The zero-order valence-corrected chi connectivity index (χ0v) is 33.4. The van der Waals surface area contributed by atoms with E-state index in [2.05, 4.69) is 40.7 Å². The summed E-state index contributed by atoms with van der Waals surface area (Å²) in [4.78, 5) is 14.8. The summed E-state index contributed by atoms with van der Waals surface area (Å²) in [5.74, 6) is -0.660. The highest BCUT2D eigenvalue weighted by Gasteiger charge is 2.73. The Morgan fingerprint density at radius 2 is 1.48 bits per heavy atom. The van der Waals surface area contributed by atoms with E-state index in [-0.39, 0.29) is 34.4 Å². The maximum absolute atomic E-state index is 14.8. The van der Waals surface area contributed by atoms with Gasteiger partial charge in [0.15, 0.2) is 12.6 Å². The fourth-order valence-electron chi connectivity index (χ4n) is 12.9. The minimum atomic E-state index is -1.68. The Bertz CT molecular complexity index is 1400. The Morgan fingerprint density at radius 3 is 2.11 bits per heavy atom. The summed E-state index contributed by atoms with van der Waals surface area (Å²) in [7, 11) is 0. The molecule has 13 nitrogen and oxygen atoms in total. The first-order valence-electron chi connectivity index (χ1n) is 20.2. The molecule has 0 radical (unpaired) electrons. The fourth-order valence-corrected chi connectivity index (χ4v) is 12.9. The van der Waals surface area contributed by atoms with Crippen molar-refractivity contribution in [3.63, 3.8) is 0 Å². The lowest BCUT2D eigenvalue weighted by Crippen LogP contribution is -2.69. The number of carbonyl (C=O) groups excluding carboxylic acids is 1. The first kappa shape index (κ1) is 42.5. The van der Waals surface area contributed by atoms with Gasteiger partial charge in [-0.2, -0.15) is 0 Å². The second kappa shape index (κ2) is 14.9. The average molecular weight is 769 g/mol. The van der Waals surface area contributed by atoms with E-state index in [1.807, 2.05) is 20.8 Å². The van der Waals surface area contributed by atoms with Gasteiger partial charge in [0.05, 0.1) is 31.0 Å². The number of hydrogen-bond acceptors (Lipinski definition) is 13. The second-order valence-electron chi connectivity index (χ2n) is 19.6. The van der Waals surface area contributed by atoms with Crippen molar-refractivity contribution in [2.75, 3.05) is 13.2 Å². The maximum atomic E-state index is 14.8. The van der Waals surface area contributed by atoms with Crippen molar-refractivity contribution in [1.82, 2.24) is 0 Å². The van der Waals surface area contributed by atoms with E-state index < -0.39 is 103 Å². The van der Waals surface area contributed by atoms with E-state index in [1.54, 1.807) is 0 Å². The Labute approximate surface area is 320 Å². The topological polar surface area (TPSA) is 216 Å².